The molecular weight excluding hydrogens is 146 g/mol. The van der Waals surface area contributed by atoms with E-state index >= 15 is 0 Å². The van der Waals surface area contributed by atoms with Crippen LogP contribution in [0.3, 0.4) is 0 Å². The van der Waals surface area contributed by atoms with E-state index in [1.807, 2.05) is 0 Å². The van der Waals surface area contributed by atoms with Crippen LogP contribution in [0.5, 0.6) is 0 Å². The Labute approximate surface area is 62.3 Å². The summed E-state index contributed by atoms with van der Waals surface area (Å²) in [4.78, 5) is 9.65. The minimum Gasteiger partial charge on any atom is -0.258 e. The van der Waals surface area contributed by atoms with Crippen LogP contribution in [0.25, 0.3) is 0 Å². The van der Waals surface area contributed by atoms with Crippen molar-refractivity contribution in [2.45, 2.75) is 0 Å². The van der Waals surface area contributed by atoms with E-state index in [0.717, 1.165) is 0 Å². The number of nitro groups is 1. The maximum Gasteiger partial charge on any atom is 0.271 e. The zero-order chi connectivity index (χ0) is 8.27. The van der Waals surface area contributed by atoms with Crippen LogP contribution >= 0.6 is 0 Å². The number of rotatable bonds is 2. The van der Waals surface area contributed by atoms with Crippen molar-refractivity contribution >= 4 is 11.4 Å². The van der Waals surface area contributed by atoms with Gasteiger partial charge in [-0.25, -0.2) is 5.53 Å². The van der Waals surface area contributed by atoms with Crippen LogP contribution in [0.4, 0.5) is 11.4 Å². The molecule has 1 aromatic carbocycles. The van der Waals surface area contributed by atoms with Gasteiger partial charge < -0.3 is 0 Å². The average molecular weight is 151 g/mol. The topological polar surface area (TPSA) is 79.3 Å². The van der Waals surface area contributed by atoms with Crippen LogP contribution < -0.4 is 0 Å². The third-order valence-corrected chi connectivity index (χ3v) is 1.17. The predicted molar refractivity (Wildman–Crippen MR) is 37.9 cm³/mol. The largest absolute Gasteiger partial charge is 0.271 e. The second-order valence-electron chi connectivity index (χ2n) is 1.89. The summed E-state index contributed by atoms with van der Waals surface area (Å²) < 4.78 is 0. The first kappa shape index (κ1) is 7.33. The normalized spacial score (nSPS) is 9.09. The van der Waals surface area contributed by atoms with Gasteiger partial charge in [0.15, 0.2) is 0 Å². The summed E-state index contributed by atoms with van der Waals surface area (Å²) in [5, 5.41) is 13.2. The van der Waals surface area contributed by atoms with Gasteiger partial charge >= 0.3 is 0 Å². The summed E-state index contributed by atoms with van der Waals surface area (Å²) in [6, 6.07) is 5.62. The summed E-state index contributed by atoms with van der Waals surface area (Å²) in [6.07, 6.45) is 0. The number of hydrogen-bond acceptors (Lipinski definition) is 4. The van der Waals surface area contributed by atoms with Crippen LogP contribution in [-0.4, -0.2) is 4.92 Å². The fourth-order valence-corrected chi connectivity index (χ4v) is 0.676. The molecule has 1 N–H and O–H groups in total. The fraction of sp³-hybridized carbons (Fsp3) is 0. The van der Waals surface area contributed by atoms with Crippen molar-refractivity contribution in [3.8, 4) is 0 Å². The smallest absolute Gasteiger partial charge is 0.258 e. The Kier molecular flexibility index (Phi) is 1.91. The first-order chi connectivity index (χ1) is 5.24. The highest BCUT2D eigenvalue weighted by molar-refractivity contribution is 5.45. The molecule has 5 heteroatoms. The van der Waals surface area contributed by atoms with Crippen molar-refractivity contribution in [3.63, 3.8) is 0 Å². The molecule has 0 aliphatic rings. The quantitative estimate of drug-likeness (QED) is 0.399. The van der Waals surface area contributed by atoms with E-state index in [2.05, 4.69) is 5.11 Å². The van der Waals surface area contributed by atoms with Crippen LogP contribution in [0, 0.1) is 15.6 Å². The first-order valence-corrected chi connectivity index (χ1v) is 2.86. The van der Waals surface area contributed by atoms with E-state index in [1.54, 1.807) is 0 Å². The zero-order valence-corrected chi connectivity index (χ0v) is 5.52. The molecular formula is C6H5N3O2. The highest BCUT2D eigenvalue weighted by Crippen LogP contribution is 2.18. The van der Waals surface area contributed by atoms with Gasteiger partial charge in [-0.2, -0.15) is 5.11 Å². The Morgan fingerprint density at radius 1 is 1.55 bits per heavy atom. The molecule has 0 fully saturated rings. The zero-order valence-electron chi connectivity index (χ0n) is 5.52. The van der Waals surface area contributed by atoms with Gasteiger partial charge in [-0.1, -0.05) is 6.07 Å². The molecule has 1 rings (SSSR count). The van der Waals surface area contributed by atoms with Crippen molar-refractivity contribution in [2.24, 2.45) is 5.11 Å². The van der Waals surface area contributed by atoms with Crippen molar-refractivity contribution in [1.29, 1.82) is 5.53 Å². The number of benzene rings is 1. The lowest BCUT2D eigenvalue weighted by molar-refractivity contribution is -0.384. The summed E-state index contributed by atoms with van der Waals surface area (Å²) in [7, 11) is 0. The monoisotopic (exact) mass is 151 g/mol. The first-order valence-electron chi connectivity index (χ1n) is 2.86. The second kappa shape index (κ2) is 2.87. The molecule has 0 aliphatic carbocycles. The summed E-state index contributed by atoms with van der Waals surface area (Å²) in [5.41, 5.74) is 6.83. The molecule has 0 aliphatic heterocycles. The maximum atomic E-state index is 10.2. The highest BCUT2D eigenvalue weighted by Gasteiger charge is 2.03. The lowest BCUT2D eigenvalue weighted by Crippen LogP contribution is -1.85. The molecule has 0 aromatic heterocycles. The van der Waals surface area contributed by atoms with Gasteiger partial charge in [0, 0.05) is 12.1 Å². The van der Waals surface area contributed by atoms with E-state index in [1.165, 1.54) is 24.3 Å². The van der Waals surface area contributed by atoms with Gasteiger partial charge in [-0.05, 0) is 6.07 Å². The number of nitrogens with one attached hydrogen (secondary N) is 1. The molecule has 11 heavy (non-hydrogen) atoms. The minimum absolute atomic E-state index is 0.0431. The van der Waals surface area contributed by atoms with Gasteiger partial charge in [-0.15, -0.1) is 0 Å². The Morgan fingerprint density at radius 3 is 2.82 bits per heavy atom. The number of nitrogens with zero attached hydrogens (tertiary/aromatic N) is 2. The van der Waals surface area contributed by atoms with E-state index in [9.17, 15) is 10.1 Å². The molecule has 0 spiro atoms. The molecule has 0 saturated carbocycles. The van der Waals surface area contributed by atoms with E-state index < -0.39 is 4.92 Å². The molecule has 5 nitrogen and oxygen atoms in total. The van der Waals surface area contributed by atoms with Crippen molar-refractivity contribution in [2.75, 3.05) is 0 Å². The maximum absolute atomic E-state index is 10.2. The molecule has 0 unspecified atom stereocenters. The van der Waals surface area contributed by atoms with Gasteiger partial charge in [0.2, 0.25) is 0 Å². The van der Waals surface area contributed by atoms with Crippen molar-refractivity contribution < 1.29 is 4.92 Å². The van der Waals surface area contributed by atoms with Gasteiger partial charge in [0.25, 0.3) is 5.69 Å². The van der Waals surface area contributed by atoms with Crippen molar-refractivity contribution in [1.82, 2.24) is 0 Å². The summed E-state index contributed by atoms with van der Waals surface area (Å²) in [5.74, 6) is 0. The third kappa shape index (κ3) is 1.57. The molecule has 0 saturated heterocycles. The van der Waals surface area contributed by atoms with Crippen LogP contribution in [-0.2, 0) is 0 Å². The van der Waals surface area contributed by atoms with Gasteiger partial charge in [0.1, 0.15) is 0 Å². The Bertz CT molecular complexity index is 298. The van der Waals surface area contributed by atoms with Crippen molar-refractivity contribution in [3.05, 3.63) is 34.4 Å². The molecule has 0 radical (unpaired) electrons. The number of non-ortho nitro benzene ring substituents is 1. The number of nitro benzene ring substituents is 1. The molecule has 0 atom stereocenters. The lowest BCUT2D eigenvalue weighted by atomic mass is 10.3. The summed E-state index contributed by atoms with van der Waals surface area (Å²) in [6.45, 7) is 0. The lowest BCUT2D eigenvalue weighted by Gasteiger charge is -1.90. The second-order valence-corrected chi connectivity index (χ2v) is 1.89. The molecule has 0 amide bonds. The van der Waals surface area contributed by atoms with Crippen LogP contribution in [0.1, 0.15) is 0 Å². The SMILES string of the molecule is N=Nc1cccc([N+](=O)[O-])c1. The predicted octanol–water partition coefficient (Wildman–Crippen LogP) is 2.26. The van der Waals surface area contributed by atoms with Gasteiger partial charge in [0.05, 0.1) is 10.6 Å². The standard InChI is InChI=1S/C6H5N3O2/c7-8-5-2-1-3-6(4-5)9(10)11/h1-4,7H. The minimum atomic E-state index is -0.519. The fourth-order valence-electron chi connectivity index (χ4n) is 0.676. The van der Waals surface area contributed by atoms with Crippen LogP contribution in [0.15, 0.2) is 29.4 Å². The van der Waals surface area contributed by atoms with E-state index in [4.69, 9.17) is 5.53 Å². The number of hydrogen-bond donors (Lipinski definition) is 1. The Morgan fingerprint density at radius 2 is 2.27 bits per heavy atom. The van der Waals surface area contributed by atoms with Crippen LogP contribution in [0.2, 0.25) is 0 Å². The Hall–Kier alpha value is -1.78. The molecule has 0 heterocycles. The average Bonchev–Trinajstić information content (AvgIpc) is 2.05. The Balaban J connectivity index is 3.10. The van der Waals surface area contributed by atoms with E-state index in [-0.39, 0.29) is 5.69 Å². The molecule has 56 valence electrons. The summed E-state index contributed by atoms with van der Waals surface area (Å²) >= 11 is 0. The molecule has 0 bridgehead atoms. The van der Waals surface area contributed by atoms with Gasteiger partial charge in [-0.3, -0.25) is 10.1 Å². The third-order valence-electron chi connectivity index (χ3n) is 1.17. The highest BCUT2D eigenvalue weighted by atomic mass is 16.6. The molecule has 1 aromatic rings. The van der Waals surface area contributed by atoms with E-state index in [0.29, 0.717) is 5.69 Å².